The van der Waals surface area contributed by atoms with E-state index in [2.05, 4.69) is 51.3 Å². The molecule has 1 aliphatic heterocycles. The van der Waals surface area contributed by atoms with E-state index in [1.165, 1.54) is 11.3 Å². The van der Waals surface area contributed by atoms with Gasteiger partial charge >= 0.3 is 0 Å². The van der Waals surface area contributed by atoms with Gasteiger partial charge in [-0.25, -0.2) is 4.98 Å². The quantitative estimate of drug-likeness (QED) is 0.688. The molecule has 4 rings (SSSR count). The molecule has 1 N–H and O–H groups in total. The van der Waals surface area contributed by atoms with Gasteiger partial charge in [-0.3, -0.25) is 0 Å². The maximum absolute atomic E-state index is 5.25. The number of methoxy groups -OCH3 is 1. The number of hydrogen-bond acceptors (Lipinski definition) is 6. The summed E-state index contributed by atoms with van der Waals surface area (Å²) in [7, 11) is 1.69. The highest BCUT2D eigenvalue weighted by Crippen LogP contribution is 2.23. The van der Waals surface area contributed by atoms with Gasteiger partial charge in [-0.2, -0.15) is 4.98 Å². The molecule has 6 heteroatoms. The Hall–Kier alpha value is -3.28. The van der Waals surface area contributed by atoms with Crippen molar-refractivity contribution in [3.63, 3.8) is 0 Å². The van der Waals surface area contributed by atoms with Crippen LogP contribution < -0.4 is 19.9 Å². The third-order valence-corrected chi connectivity index (χ3v) is 5.33. The summed E-state index contributed by atoms with van der Waals surface area (Å²) < 4.78 is 5.25. The summed E-state index contributed by atoms with van der Waals surface area (Å²) in [5.74, 6) is 2.52. The average molecular weight is 390 g/mol. The van der Waals surface area contributed by atoms with E-state index in [9.17, 15) is 0 Å². The number of anilines is 3. The predicted molar refractivity (Wildman–Crippen MR) is 118 cm³/mol. The minimum absolute atomic E-state index is 0.151. The zero-order valence-electron chi connectivity index (χ0n) is 17.0. The fraction of sp³-hybridized carbons (Fsp3) is 0.304. The zero-order valence-corrected chi connectivity index (χ0v) is 17.0. The van der Waals surface area contributed by atoms with Gasteiger partial charge in [0, 0.05) is 38.1 Å². The molecule has 0 saturated carbocycles. The van der Waals surface area contributed by atoms with Crippen LogP contribution in [0.1, 0.15) is 18.5 Å². The summed E-state index contributed by atoms with van der Waals surface area (Å²) in [6.07, 6.45) is 1.83. The Morgan fingerprint density at radius 1 is 0.897 bits per heavy atom. The molecule has 1 saturated heterocycles. The Bertz CT molecular complexity index is 908. The molecule has 1 aliphatic rings. The van der Waals surface area contributed by atoms with Gasteiger partial charge in [0.15, 0.2) is 0 Å². The molecular formula is C23H27N5O. The van der Waals surface area contributed by atoms with E-state index >= 15 is 0 Å². The van der Waals surface area contributed by atoms with E-state index in [4.69, 9.17) is 9.72 Å². The van der Waals surface area contributed by atoms with Crippen molar-refractivity contribution in [1.82, 2.24) is 9.97 Å². The fourth-order valence-corrected chi connectivity index (χ4v) is 3.60. The van der Waals surface area contributed by atoms with Crippen LogP contribution in [-0.2, 0) is 0 Å². The van der Waals surface area contributed by atoms with E-state index < -0.39 is 0 Å². The Labute approximate surface area is 172 Å². The molecule has 0 aliphatic carbocycles. The first-order chi connectivity index (χ1) is 14.2. The smallest absolute Gasteiger partial charge is 0.225 e. The number of ether oxygens (including phenoxy) is 1. The summed E-state index contributed by atoms with van der Waals surface area (Å²) in [5, 5.41) is 3.41. The molecule has 0 bridgehead atoms. The van der Waals surface area contributed by atoms with Crippen LogP contribution in [0.2, 0.25) is 0 Å². The minimum atomic E-state index is 0.151. The normalized spacial score (nSPS) is 15.1. The molecule has 2 heterocycles. The van der Waals surface area contributed by atoms with E-state index in [0.717, 1.165) is 37.7 Å². The van der Waals surface area contributed by atoms with Crippen molar-refractivity contribution in [2.24, 2.45) is 0 Å². The highest BCUT2D eigenvalue weighted by atomic mass is 16.5. The Morgan fingerprint density at radius 2 is 1.59 bits per heavy atom. The zero-order chi connectivity index (χ0) is 20.1. The molecule has 0 radical (unpaired) electrons. The van der Waals surface area contributed by atoms with Crippen molar-refractivity contribution in [2.45, 2.75) is 13.0 Å². The fourth-order valence-electron chi connectivity index (χ4n) is 3.60. The van der Waals surface area contributed by atoms with Gasteiger partial charge in [-0.15, -0.1) is 0 Å². The first-order valence-corrected chi connectivity index (χ1v) is 10.0. The topological polar surface area (TPSA) is 53.5 Å². The highest BCUT2D eigenvalue weighted by Gasteiger charge is 2.19. The van der Waals surface area contributed by atoms with E-state index in [-0.39, 0.29) is 6.04 Å². The molecule has 1 unspecified atom stereocenters. The van der Waals surface area contributed by atoms with E-state index in [0.29, 0.717) is 5.95 Å². The van der Waals surface area contributed by atoms with Gasteiger partial charge in [0.2, 0.25) is 5.95 Å². The summed E-state index contributed by atoms with van der Waals surface area (Å²) in [5.41, 5.74) is 2.45. The Morgan fingerprint density at radius 3 is 2.28 bits per heavy atom. The molecule has 0 amide bonds. The summed E-state index contributed by atoms with van der Waals surface area (Å²) in [6.45, 7) is 5.89. The second kappa shape index (κ2) is 8.82. The van der Waals surface area contributed by atoms with Crippen LogP contribution in [0, 0.1) is 0 Å². The maximum atomic E-state index is 5.25. The summed E-state index contributed by atoms with van der Waals surface area (Å²) >= 11 is 0. The van der Waals surface area contributed by atoms with Crippen molar-refractivity contribution in [2.75, 3.05) is 48.4 Å². The average Bonchev–Trinajstić information content (AvgIpc) is 2.80. The third kappa shape index (κ3) is 4.59. The van der Waals surface area contributed by atoms with Crippen LogP contribution in [-0.4, -0.2) is 43.3 Å². The van der Waals surface area contributed by atoms with Gasteiger partial charge in [0.25, 0.3) is 0 Å². The van der Waals surface area contributed by atoms with Gasteiger partial charge < -0.3 is 19.9 Å². The lowest BCUT2D eigenvalue weighted by atomic mass is 10.1. The highest BCUT2D eigenvalue weighted by molar-refractivity contribution is 5.52. The van der Waals surface area contributed by atoms with Crippen LogP contribution >= 0.6 is 0 Å². The number of rotatable bonds is 6. The summed E-state index contributed by atoms with van der Waals surface area (Å²) in [4.78, 5) is 13.9. The Kier molecular flexibility index (Phi) is 5.79. The Balaban J connectivity index is 1.38. The number of nitrogens with one attached hydrogen (secondary N) is 1. The van der Waals surface area contributed by atoms with Crippen molar-refractivity contribution < 1.29 is 4.74 Å². The molecule has 6 nitrogen and oxygen atoms in total. The maximum Gasteiger partial charge on any atom is 0.225 e. The predicted octanol–water partition coefficient (Wildman–Crippen LogP) is 3.98. The van der Waals surface area contributed by atoms with Crippen LogP contribution in [0.25, 0.3) is 0 Å². The molecule has 150 valence electrons. The van der Waals surface area contributed by atoms with Crippen molar-refractivity contribution in [1.29, 1.82) is 0 Å². The third-order valence-electron chi connectivity index (χ3n) is 5.33. The van der Waals surface area contributed by atoms with Crippen LogP contribution in [0.4, 0.5) is 17.5 Å². The lowest BCUT2D eigenvalue weighted by Gasteiger charge is -2.36. The largest absolute Gasteiger partial charge is 0.497 e. The van der Waals surface area contributed by atoms with Crippen LogP contribution in [0.15, 0.2) is 66.9 Å². The second-order valence-corrected chi connectivity index (χ2v) is 7.19. The first-order valence-electron chi connectivity index (χ1n) is 10.0. The van der Waals surface area contributed by atoms with E-state index in [1.807, 2.05) is 42.6 Å². The van der Waals surface area contributed by atoms with Crippen molar-refractivity contribution >= 4 is 17.5 Å². The molecule has 1 atom stereocenters. The van der Waals surface area contributed by atoms with Gasteiger partial charge in [0.1, 0.15) is 11.6 Å². The van der Waals surface area contributed by atoms with Gasteiger partial charge in [-0.05, 0) is 42.8 Å². The number of piperazine rings is 1. The van der Waals surface area contributed by atoms with Crippen molar-refractivity contribution in [3.05, 3.63) is 72.4 Å². The van der Waals surface area contributed by atoms with Crippen LogP contribution in [0.5, 0.6) is 5.75 Å². The molecule has 0 spiro atoms. The minimum Gasteiger partial charge on any atom is -0.497 e. The lowest BCUT2D eigenvalue weighted by Crippen LogP contribution is -2.46. The number of hydrogen-bond donors (Lipinski definition) is 1. The van der Waals surface area contributed by atoms with Crippen molar-refractivity contribution in [3.8, 4) is 5.75 Å². The monoisotopic (exact) mass is 389 g/mol. The number of aromatic nitrogens is 2. The van der Waals surface area contributed by atoms with E-state index in [1.54, 1.807) is 7.11 Å². The molecule has 1 fully saturated rings. The molecule has 1 aromatic heterocycles. The first kappa shape index (κ1) is 19.1. The molecule has 2 aromatic carbocycles. The second-order valence-electron chi connectivity index (χ2n) is 7.19. The van der Waals surface area contributed by atoms with Crippen LogP contribution in [0.3, 0.4) is 0 Å². The number of nitrogens with zero attached hydrogens (tertiary/aromatic N) is 4. The molecular weight excluding hydrogens is 362 g/mol. The van der Waals surface area contributed by atoms with Gasteiger partial charge in [0.05, 0.1) is 13.2 Å². The summed E-state index contributed by atoms with van der Waals surface area (Å²) in [6, 6.07) is 20.7. The SMILES string of the molecule is COc1ccc(N2CCN(c3ccnc(NC(C)c4ccccc4)n3)CC2)cc1. The molecule has 3 aromatic rings. The van der Waals surface area contributed by atoms with Gasteiger partial charge in [-0.1, -0.05) is 30.3 Å². The molecule has 29 heavy (non-hydrogen) atoms. The lowest BCUT2D eigenvalue weighted by molar-refractivity contribution is 0.415. The standard InChI is InChI=1S/C23H27N5O/c1-18(19-6-4-3-5-7-19)25-23-24-13-12-22(26-23)28-16-14-27(15-17-28)20-8-10-21(29-2)11-9-20/h3-13,18H,14-17H2,1-2H3,(H,24,25,26). The number of benzene rings is 2.